The number of nitrogens with zero attached hydrogens (tertiary/aromatic N) is 1. The lowest BCUT2D eigenvalue weighted by molar-refractivity contribution is 0.386. The van der Waals surface area contributed by atoms with E-state index >= 15 is 0 Å². The fourth-order valence-corrected chi connectivity index (χ4v) is 1.62. The predicted octanol–water partition coefficient (Wildman–Crippen LogP) is 1.59. The Morgan fingerprint density at radius 2 is 2.06 bits per heavy atom. The standard InChI is InChI=1S/C12H11FN2O3/c1-17-8-5-3-4-7(9(8)13)10-11(18-2)12(16)15-6-14-10/h3-6H,1-2H3,(H,14,15,16). The molecule has 0 spiro atoms. The fraction of sp³-hybridized carbons (Fsp3) is 0.167. The number of benzene rings is 1. The van der Waals surface area contributed by atoms with Crippen molar-refractivity contribution in [2.45, 2.75) is 0 Å². The first kappa shape index (κ1) is 12.1. The van der Waals surface area contributed by atoms with Gasteiger partial charge in [-0.2, -0.15) is 0 Å². The molecule has 0 aliphatic rings. The summed E-state index contributed by atoms with van der Waals surface area (Å²) in [4.78, 5) is 17.8. The van der Waals surface area contributed by atoms with Crippen LogP contribution in [-0.2, 0) is 0 Å². The molecule has 0 aliphatic heterocycles. The van der Waals surface area contributed by atoms with E-state index in [1.807, 2.05) is 0 Å². The highest BCUT2D eigenvalue weighted by atomic mass is 19.1. The smallest absolute Gasteiger partial charge is 0.293 e. The topological polar surface area (TPSA) is 64.2 Å². The summed E-state index contributed by atoms with van der Waals surface area (Å²) in [5.41, 5.74) is -0.181. The van der Waals surface area contributed by atoms with Gasteiger partial charge in [0, 0.05) is 5.56 Å². The highest BCUT2D eigenvalue weighted by Crippen LogP contribution is 2.31. The molecule has 0 amide bonds. The van der Waals surface area contributed by atoms with E-state index in [1.54, 1.807) is 6.07 Å². The molecule has 0 saturated heterocycles. The molecule has 0 unspecified atom stereocenters. The van der Waals surface area contributed by atoms with Gasteiger partial charge in [-0.3, -0.25) is 4.79 Å². The van der Waals surface area contributed by atoms with Gasteiger partial charge >= 0.3 is 0 Å². The summed E-state index contributed by atoms with van der Waals surface area (Å²) in [6.07, 6.45) is 1.19. The molecule has 0 saturated carbocycles. The molecule has 0 fully saturated rings. The van der Waals surface area contributed by atoms with Crippen molar-refractivity contribution in [2.24, 2.45) is 0 Å². The minimum Gasteiger partial charge on any atom is -0.494 e. The van der Waals surface area contributed by atoms with Gasteiger partial charge in [0.2, 0.25) is 5.75 Å². The second-order valence-corrected chi connectivity index (χ2v) is 3.44. The van der Waals surface area contributed by atoms with Crippen LogP contribution in [0, 0.1) is 5.82 Å². The van der Waals surface area contributed by atoms with Crippen LogP contribution in [-0.4, -0.2) is 24.2 Å². The minimum absolute atomic E-state index is 0.0374. The van der Waals surface area contributed by atoms with E-state index in [4.69, 9.17) is 9.47 Å². The molecule has 0 atom stereocenters. The second kappa shape index (κ2) is 4.87. The van der Waals surface area contributed by atoms with Gasteiger partial charge < -0.3 is 14.5 Å². The maximum absolute atomic E-state index is 14.1. The highest BCUT2D eigenvalue weighted by Gasteiger charge is 2.17. The van der Waals surface area contributed by atoms with E-state index in [0.717, 1.165) is 0 Å². The summed E-state index contributed by atoms with van der Waals surface area (Å²) in [6.45, 7) is 0. The first-order chi connectivity index (χ1) is 8.69. The van der Waals surface area contributed by atoms with E-state index in [-0.39, 0.29) is 22.8 Å². The molecule has 1 aromatic carbocycles. The summed E-state index contributed by atoms with van der Waals surface area (Å²) < 4.78 is 23.9. The van der Waals surface area contributed by atoms with E-state index in [0.29, 0.717) is 0 Å². The van der Waals surface area contributed by atoms with Crippen molar-refractivity contribution in [3.05, 3.63) is 40.7 Å². The van der Waals surface area contributed by atoms with Crippen molar-refractivity contribution in [3.63, 3.8) is 0 Å². The van der Waals surface area contributed by atoms with Gasteiger partial charge in [-0.25, -0.2) is 9.37 Å². The van der Waals surface area contributed by atoms with Crippen molar-refractivity contribution >= 4 is 0 Å². The quantitative estimate of drug-likeness (QED) is 0.898. The molecule has 18 heavy (non-hydrogen) atoms. The number of nitrogens with one attached hydrogen (secondary N) is 1. The Hall–Kier alpha value is -2.37. The SMILES string of the molecule is COc1cccc(-c2nc[nH]c(=O)c2OC)c1F. The predicted molar refractivity (Wildman–Crippen MR) is 63.4 cm³/mol. The molecule has 6 heteroatoms. The van der Waals surface area contributed by atoms with Crippen LogP contribution in [0.5, 0.6) is 11.5 Å². The van der Waals surface area contributed by atoms with Crippen molar-refractivity contribution in [1.29, 1.82) is 0 Å². The van der Waals surface area contributed by atoms with Crippen LogP contribution in [0.15, 0.2) is 29.3 Å². The Morgan fingerprint density at radius 1 is 1.28 bits per heavy atom. The van der Waals surface area contributed by atoms with Crippen LogP contribution in [0.1, 0.15) is 0 Å². The Bertz CT molecular complexity index is 625. The Labute approximate surface area is 102 Å². The molecule has 0 bridgehead atoms. The van der Waals surface area contributed by atoms with Gasteiger partial charge in [0.15, 0.2) is 11.6 Å². The molecule has 94 valence electrons. The van der Waals surface area contributed by atoms with Crippen molar-refractivity contribution in [3.8, 4) is 22.8 Å². The molecule has 2 rings (SSSR count). The largest absolute Gasteiger partial charge is 0.494 e. The molecular formula is C12H11FN2O3. The van der Waals surface area contributed by atoms with Crippen molar-refractivity contribution < 1.29 is 13.9 Å². The monoisotopic (exact) mass is 250 g/mol. The summed E-state index contributed by atoms with van der Waals surface area (Å²) in [6, 6.07) is 4.60. The second-order valence-electron chi connectivity index (χ2n) is 3.44. The van der Waals surface area contributed by atoms with E-state index in [1.165, 1.54) is 32.7 Å². The first-order valence-electron chi connectivity index (χ1n) is 5.13. The molecule has 1 aromatic heterocycles. The van der Waals surface area contributed by atoms with E-state index in [9.17, 15) is 9.18 Å². The lowest BCUT2D eigenvalue weighted by Gasteiger charge is -2.09. The third-order valence-electron chi connectivity index (χ3n) is 2.45. The maximum Gasteiger partial charge on any atom is 0.293 e. The number of rotatable bonds is 3. The van der Waals surface area contributed by atoms with Gasteiger partial charge in [0.25, 0.3) is 5.56 Å². The third kappa shape index (κ3) is 1.92. The summed E-state index contributed by atoms with van der Waals surface area (Å²) in [5.74, 6) is -0.544. The van der Waals surface area contributed by atoms with Crippen molar-refractivity contribution in [2.75, 3.05) is 14.2 Å². The van der Waals surface area contributed by atoms with Gasteiger partial charge in [-0.15, -0.1) is 0 Å². The number of ether oxygens (including phenoxy) is 2. The van der Waals surface area contributed by atoms with Crippen LogP contribution < -0.4 is 15.0 Å². The van der Waals surface area contributed by atoms with Crippen LogP contribution in [0.25, 0.3) is 11.3 Å². The highest BCUT2D eigenvalue weighted by molar-refractivity contribution is 5.67. The maximum atomic E-state index is 14.1. The summed E-state index contributed by atoms with van der Waals surface area (Å²) in [5, 5.41) is 0. The number of methoxy groups -OCH3 is 2. The van der Waals surface area contributed by atoms with E-state index in [2.05, 4.69) is 9.97 Å². The Morgan fingerprint density at radius 3 is 2.72 bits per heavy atom. The Balaban J connectivity index is 2.70. The molecule has 5 nitrogen and oxygen atoms in total. The number of H-pyrrole nitrogens is 1. The fourth-order valence-electron chi connectivity index (χ4n) is 1.62. The van der Waals surface area contributed by atoms with E-state index < -0.39 is 11.4 Å². The zero-order valence-electron chi connectivity index (χ0n) is 9.86. The summed E-state index contributed by atoms with van der Waals surface area (Å²) in [7, 11) is 2.69. The molecule has 1 heterocycles. The van der Waals surface area contributed by atoms with Gasteiger partial charge in [0.05, 0.1) is 20.5 Å². The molecule has 2 aromatic rings. The number of aromatic nitrogens is 2. The van der Waals surface area contributed by atoms with Crippen LogP contribution in [0.2, 0.25) is 0 Å². The molecule has 0 radical (unpaired) electrons. The third-order valence-corrected chi connectivity index (χ3v) is 2.45. The van der Waals surface area contributed by atoms with Crippen LogP contribution in [0.3, 0.4) is 0 Å². The first-order valence-corrected chi connectivity index (χ1v) is 5.13. The molecule has 0 aliphatic carbocycles. The normalized spacial score (nSPS) is 10.2. The minimum atomic E-state index is -0.587. The van der Waals surface area contributed by atoms with Crippen molar-refractivity contribution in [1.82, 2.24) is 9.97 Å². The van der Waals surface area contributed by atoms with Crippen LogP contribution >= 0.6 is 0 Å². The zero-order valence-corrected chi connectivity index (χ0v) is 9.86. The lowest BCUT2D eigenvalue weighted by atomic mass is 10.1. The number of aromatic amines is 1. The number of halogens is 1. The summed E-state index contributed by atoms with van der Waals surface area (Å²) >= 11 is 0. The average Bonchev–Trinajstić information content (AvgIpc) is 2.39. The van der Waals surface area contributed by atoms with Gasteiger partial charge in [-0.1, -0.05) is 6.07 Å². The van der Waals surface area contributed by atoms with Gasteiger partial charge in [0.1, 0.15) is 5.69 Å². The molecular weight excluding hydrogens is 239 g/mol. The number of hydrogen-bond donors (Lipinski definition) is 1. The molecule has 1 N–H and O–H groups in total. The number of hydrogen-bond acceptors (Lipinski definition) is 4. The average molecular weight is 250 g/mol. The van der Waals surface area contributed by atoms with Gasteiger partial charge in [-0.05, 0) is 12.1 Å². The van der Waals surface area contributed by atoms with Crippen LogP contribution in [0.4, 0.5) is 4.39 Å². The Kier molecular flexibility index (Phi) is 3.27. The zero-order chi connectivity index (χ0) is 13.1. The lowest BCUT2D eigenvalue weighted by Crippen LogP contribution is -2.11.